The topological polar surface area (TPSA) is 78.9 Å². The molecule has 4 aromatic rings. The van der Waals surface area contributed by atoms with Crippen LogP contribution in [0.4, 0.5) is 5.13 Å². The van der Waals surface area contributed by atoms with Gasteiger partial charge in [-0.2, -0.15) is 5.26 Å². The van der Waals surface area contributed by atoms with Gasteiger partial charge in [0.1, 0.15) is 23.2 Å². The molecule has 0 bridgehead atoms. The van der Waals surface area contributed by atoms with Gasteiger partial charge < -0.3 is 4.42 Å². The first-order valence-corrected chi connectivity index (χ1v) is 11.5. The van der Waals surface area contributed by atoms with Crippen molar-refractivity contribution in [2.24, 2.45) is 0 Å². The molecule has 0 radical (unpaired) electrons. The van der Waals surface area contributed by atoms with Crippen LogP contribution >= 0.6 is 46.1 Å². The van der Waals surface area contributed by atoms with Gasteiger partial charge in [0, 0.05) is 34.2 Å². The second-order valence-electron chi connectivity index (χ2n) is 6.87. The predicted octanol–water partition coefficient (Wildman–Crippen LogP) is 7.50. The number of amides is 1. The van der Waals surface area contributed by atoms with E-state index in [1.807, 2.05) is 30.3 Å². The third kappa shape index (κ3) is 5.65. The zero-order chi connectivity index (χ0) is 23.4. The molecular formula is C24H14Cl3N3O2S. The van der Waals surface area contributed by atoms with Gasteiger partial charge >= 0.3 is 0 Å². The molecule has 0 unspecified atom stereocenters. The number of nitriles is 1. The predicted molar refractivity (Wildman–Crippen MR) is 133 cm³/mol. The van der Waals surface area contributed by atoms with Crippen LogP contribution in [0.1, 0.15) is 16.2 Å². The molecule has 4 rings (SSSR count). The fraction of sp³-hybridized carbons (Fsp3) is 0.0417. The molecule has 33 heavy (non-hydrogen) atoms. The summed E-state index contributed by atoms with van der Waals surface area (Å²) in [6.45, 7) is 0. The molecule has 0 saturated carbocycles. The number of nitrogens with zero attached hydrogens (tertiary/aromatic N) is 2. The van der Waals surface area contributed by atoms with Crippen molar-refractivity contribution in [3.63, 3.8) is 0 Å². The van der Waals surface area contributed by atoms with E-state index in [1.165, 1.54) is 17.4 Å². The van der Waals surface area contributed by atoms with Crippen molar-refractivity contribution in [1.29, 1.82) is 5.26 Å². The van der Waals surface area contributed by atoms with Crippen LogP contribution in [0.3, 0.4) is 0 Å². The van der Waals surface area contributed by atoms with Gasteiger partial charge in [-0.05, 0) is 42.0 Å². The molecule has 1 amide bonds. The molecule has 0 aliphatic carbocycles. The van der Waals surface area contributed by atoms with Crippen LogP contribution in [-0.2, 0) is 11.2 Å². The Morgan fingerprint density at radius 2 is 1.97 bits per heavy atom. The van der Waals surface area contributed by atoms with E-state index >= 15 is 0 Å². The van der Waals surface area contributed by atoms with Crippen molar-refractivity contribution in [2.75, 3.05) is 5.32 Å². The number of anilines is 1. The van der Waals surface area contributed by atoms with E-state index in [1.54, 1.807) is 36.5 Å². The molecule has 9 heteroatoms. The van der Waals surface area contributed by atoms with Crippen LogP contribution in [0, 0.1) is 11.3 Å². The molecule has 0 saturated heterocycles. The van der Waals surface area contributed by atoms with Crippen LogP contribution in [0.15, 0.2) is 70.8 Å². The standard InChI is InChI=1S/C24H14Cl3N3O2S/c25-16-4-1-3-14(9-16)10-18-13-29-24(33-18)30-23(31)15(12-28)11-17-7-8-21(32-17)19-5-2-6-20(26)22(19)27/h1-9,11,13H,10H2,(H,29,30,31). The van der Waals surface area contributed by atoms with Gasteiger partial charge in [0.15, 0.2) is 5.13 Å². The van der Waals surface area contributed by atoms with Crippen molar-refractivity contribution in [3.8, 4) is 17.4 Å². The lowest BCUT2D eigenvalue weighted by atomic mass is 10.1. The average Bonchev–Trinajstić information content (AvgIpc) is 3.43. The summed E-state index contributed by atoms with van der Waals surface area (Å²) in [5.74, 6) is 0.213. The number of nitrogens with one attached hydrogen (secondary N) is 1. The Bertz CT molecular complexity index is 1400. The Morgan fingerprint density at radius 3 is 2.76 bits per heavy atom. The van der Waals surface area contributed by atoms with Crippen molar-refractivity contribution < 1.29 is 9.21 Å². The maximum Gasteiger partial charge on any atom is 0.268 e. The first-order chi connectivity index (χ1) is 15.9. The molecule has 1 N–H and O–H groups in total. The van der Waals surface area contributed by atoms with Crippen molar-refractivity contribution in [2.45, 2.75) is 6.42 Å². The lowest BCUT2D eigenvalue weighted by Crippen LogP contribution is -2.13. The minimum atomic E-state index is -0.583. The average molecular weight is 515 g/mol. The van der Waals surface area contributed by atoms with Gasteiger partial charge in [0.05, 0.1) is 10.0 Å². The Hall–Kier alpha value is -3.08. The van der Waals surface area contributed by atoms with Gasteiger partial charge in [0.2, 0.25) is 0 Å². The summed E-state index contributed by atoms with van der Waals surface area (Å²) in [6, 6.07) is 18.0. The largest absolute Gasteiger partial charge is 0.457 e. The van der Waals surface area contributed by atoms with E-state index in [0.29, 0.717) is 43.7 Å². The summed E-state index contributed by atoms with van der Waals surface area (Å²) >= 11 is 19.6. The van der Waals surface area contributed by atoms with Gasteiger partial charge in [-0.1, -0.05) is 53.0 Å². The summed E-state index contributed by atoms with van der Waals surface area (Å²) in [4.78, 5) is 17.8. The highest BCUT2D eigenvalue weighted by Crippen LogP contribution is 2.34. The van der Waals surface area contributed by atoms with Crippen LogP contribution < -0.4 is 5.32 Å². The van der Waals surface area contributed by atoms with Gasteiger partial charge in [0.25, 0.3) is 5.91 Å². The molecule has 5 nitrogen and oxygen atoms in total. The van der Waals surface area contributed by atoms with E-state index in [2.05, 4.69) is 10.3 Å². The highest BCUT2D eigenvalue weighted by atomic mass is 35.5. The van der Waals surface area contributed by atoms with Gasteiger partial charge in [-0.3, -0.25) is 10.1 Å². The number of benzene rings is 2. The number of aromatic nitrogens is 1. The second kappa shape index (κ2) is 10.2. The number of carbonyl (C=O) groups is 1. The van der Waals surface area contributed by atoms with Crippen molar-refractivity contribution in [3.05, 3.63) is 97.6 Å². The number of hydrogen-bond acceptors (Lipinski definition) is 5. The van der Waals surface area contributed by atoms with E-state index in [-0.39, 0.29) is 5.57 Å². The zero-order valence-corrected chi connectivity index (χ0v) is 19.9. The summed E-state index contributed by atoms with van der Waals surface area (Å²) in [5, 5.41) is 13.9. The number of thiazole rings is 1. The van der Waals surface area contributed by atoms with E-state index in [9.17, 15) is 10.1 Å². The quantitative estimate of drug-likeness (QED) is 0.213. The van der Waals surface area contributed by atoms with Crippen LogP contribution in [0.5, 0.6) is 0 Å². The number of rotatable bonds is 6. The van der Waals surface area contributed by atoms with Gasteiger partial charge in [-0.25, -0.2) is 4.98 Å². The molecule has 2 heterocycles. The Morgan fingerprint density at radius 1 is 1.15 bits per heavy atom. The van der Waals surface area contributed by atoms with Crippen molar-refractivity contribution in [1.82, 2.24) is 4.98 Å². The monoisotopic (exact) mass is 513 g/mol. The molecule has 0 spiro atoms. The van der Waals surface area contributed by atoms with Crippen LogP contribution in [0.25, 0.3) is 17.4 Å². The number of carbonyl (C=O) groups excluding carboxylic acids is 1. The molecule has 0 aliphatic rings. The minimum Gasteiger partial charge on any atom is -0.457 e. The minimum absolute atomic E-state index is 0.125. The Labute approximate surface area is 208 Å². The fourth-order valence-corrected chi connectivity index (χ4v) is 4.47. The zero-order valence-electron chi connectivity index (χ0n) is 16.8. The Balaban J connectivity index is 1.47. The summed E-state index contributed by atoms with van der Waals surface area (Å²) in [5.41, 5.74) is 1.52. The second-order valence-corrected chi connectivity index (χ2v) is 9.20. The summed E-state index contributed by atoms with van der Waals surface area (Å²) < 4.78 is 5.74. The van der Waals surface area contributed by atoms with Crippen molar-refractivity contribution >= 4 is 63.3 Å². The Kier molecular flexibility index (Phi) is 7.17. The lowest BCUT2D eigenvalue weighted by molar-refractivity contribution is -0.112. The first-order valence-electron chi connectivity index (χ1n) is 9.59. The fourth-order valence-electron chi connectivity index (χ4n) is 3.02. The SMILES string of the molecule is N#CC(=Cc1ccc(-c2cccc(Cl)c2Cl)o1)C(=O)Nc1ncc(Cc2cccc(Cl)c2)s1. The van der Waals surface area contributed by atoms with E-state index < -0.39 is 5.91 Å². The molecule has 0 aliphatic heterocycles. The van der Waals surface area contributed by atoms with E-state index in [0.717, 1.165) is 10.4 Å². The highest BCUT2D eigenvalue weighted by molar-refractivity contribution is 7.15. The molecule has 0 fully saturated rings. The third-order valence-corrected chi connectivity index (χ3v) is 6.50. The lowest BCUT2D eigenvalue weighted by Gasteiger charge is -2.02. The van der Waals surface area contributed by atoms with E-state index in [4.69, 9.17) is 39.2 Å². The maximum absolute atomic E-state index is 12.6. The van der Waals surface area contributed by atoms with Crippen LogP contribution in [-0.4, -0.2) is 10.9 Å². The summed E-state index contributed by atoms with van der Waals surface area (Å²) in [6.07, 6.45) is 3.68. The highest BCUT2D eigenvalue weighted by Gasteiger charge is 2.15. The first kappa shape index (κ1) is 23.1. The maximum atomic E-state index is 12.6. The number of hydrogen-bond donors (Lipinski definition) is 1. The third-order valence-electron chi connectivity index (χ3n) is 4.54. The normalized spacial score (nSPS) is 11.3. The molecule has 0 atom stereocenters. The summed E-state index contributed by atoms with van der Waals surface area (Å²) in [7, 11) is 0. The number of halogens is 3. The smallest absolute Gasteiger partial charge is 0.268 e. The number of furan rings is 1. The molecule has 2 aromatic heterocycles. The molecule has 164 valence electrons. The van der Waals surface area contributed by atoms with Gasteiger partial charge in [-0.15, -0.1) is 11.3 Å². The van der Waals surface area contributed by atoms with Crippen LogP contribution in [0.2, 0.25) is 15.1 Å². The molecular weight excluding hydrogens is 501 g/mol. The molecule has 2 aromatic carbocycles.